The monoisotopic (exact) mass is 416 g/mol. The first-order valence-electron chi connectivity index (χ1n) is 7.74. The summed E-state index contributed by atoms with van der Waals surface area (Å²) in [5, 5.41) is 13.9. The van der Waals surface area contributed by atoms with Gasteiger partial charge in [0.2, 0.25) is 0 Å². The highest BCUT2D eigenvalue weighted by atomic mass is 79.9. The fourth-order valence-corrected chi connectivity index (χ4v) is 2.43. The molecule has 26 heavy (non-hydrogen) atoms. The molecule has 2 aromatic carbocycles. The second kappa shape index (κ2) is 8.96. The summed E-state index contributed by atoms with van der Waals surface area (Å²) in [6.07, 6.45) is 1.49. The average Bonchev–Trinajstić information content (AvgIpc) is 2.61. The molecule has 2 aromatic rings. The van der Waals surface area contributed by atoms with E-state index in [2.05, 4.69) is 26.6 Å². The van der Waals surface area contributed by atoms with E-state index in [4.69, 9.17) is 5.11 Å². The fraction of sp³-hybridized carbons (Fsp3) is 0.105. The lowest BCUT2D eigenvalue weighted by atomic mass is 10.1. The summed E-state index contributed by atoms with van der Waals surface area (Å²) in [6, 6.07) is 14.5. The summed E-state index contributed by atoms with van der Waals surface area (Å²) in [7, 11) is 0. The first-order valence-corrected chi connectivity index (χ1v) is 8.53. The molecule has 2 amide bonds. The minimum absolute atomic E-state index is 0.0470. The van der Waals surface area contributed by atoms with Crippen LogP contribution in [0.25, 0.3) is 6.08 Å². The number of aliphatic carboxylic acids is 1. The number of hydrogen-bond donors (Lipinski definition) is 3. The van der Waals surface area contributed by atoms with Crippen molar-refractivity contribution in [3.05, 3.63) is 75.9 Å². The van der Waals surface area contributed by atoms with Crippen LogP contribution in [0.3, 0.4) is 0 Å². The molecule has 0 aliphatic heterocycles. The van der Waals surface area contributed by atoms with Crippen LogP contribution < -0.4 is 10.6 Å². The number of halogens is 1. The molecular weight excluding hydrogens is 400 g/mol. The summed E-state index contributed by atoms with van der Waals surface area (Å²) in [5.74, 6) is -2.34. The number of benzene rings is 2. The molecule has 0 bridgehead atoms. The second-order valence-corrected chi connectivity index (χ2v) is 6.38. The molecule has 0 aromatic heterocycles. The summed E-state index contributed by atoms with van der Waals surface area (Å²) in [4.78, 5) is 35.9. The van der Waals surface area contributed by atoms with Gasteiger partial charge in [0.25, 0.3) is 11.8 Å². The van der Waals surface area contributed by atoms with E-state index in [1.807, 2.05) is 6.07 Å². The van der Waals surface area contributed by atoms with E-state index in [-0.39, 0.29) is 5.70 Å². The van der Waals surface area contributed by atoms with Crippen molar-refractivity contribution in [2.24, 2.45) is 0 Å². The van der Waals surface area contributed by atoms with E-state index in [1.165, 1.54) is 13.0 Å². The Morgan fingerprint density at radius 1 is 1.08 bits per heavy atom. The number of carboxylic acids is 1. The molecule has 3 N–H and O–H groups in total. The fourth-order valence-electron chi connectivity index (χ4n) is 2.03. The van der Waals surface area contributed by atoms with E-state index in [0.717, 1.165) is 4.47 Å². The quantitative estimate of drug-likeness (QED) is 0.630. The van der Waals surface area contributed by atoms with Crippen LogP contribution in [0.4, 0.5) is 0 Å². The molecule has 0 saturated carbocycles. The Kier molecular flexibility index (Phi) is 6.68. The number of carbonyl (C=O) groups is 3. The molecule has 0 saturated heterocycles. The van der Waals surface area contributed by atoms with E-state index < -0.39 is 23.8 Å². The Morgan fingerprint density at radius 2 is 1.77 bits per heavy atom. The van der Waals surface area contributed by atoms with Crippen molar-refractivity contribution in [1.82, 2.24) is 10.6 Å². The van der Waals surface area contributed by atoms with Gasteiger partial charge in [-0.2, -0.15) is 0 Å². The molecule has 134 valence electrons. The minimum Gasteiger partial charge on any atom is -0.480 e. The zero-order valence-electron chi connectivity index (χ0n) is 13.9. The van der Waals surface area contributed by atoms with Gasteiger partial charge in [-0.3, -0.25) is 14.4 Å². The van der Waals surface area contributed by atoms with Crippen molar-refractivity contribution < 1.29 is 19.5 Å². The SMILES string of the molecule is C[C@@H](NC(=O)/C(=C/c1ccccc1)NC(=O)c1cccc(Br)c1)C(=O)O. The van der Waals surface area contributed by atoms with Gasteiger partial charge in [0.15, 0.2) is 0 Å². The van der Waals surface area contributed by atoms with Crippen molar-refractivity contribution in [3.63, 3.8) is 0 Å². The molecule has 2 rings (SSSR count). The molecule has 1 atom stereocenters. The van der Waals surface area contributed by atoms with Crippen molar-refractivity contribution in [2.45, 2.75) is 13.0 Å². The number of amides is 2. The smallest absolute Gasteiger partial charge is 0.325 e. The molecule has 0 heterocycles. The van der Waals surface area contributed by atoms with Crippen molar-refractivity contribution >= 4 is 39.8 Å². The largest absolute Gasteiger partial charge is 0.480 e. The lowest BCUT2D eigenvalue weighted by Crippen LogP contribution is -2.42. The van der Waals surface area contributed by atoms with Gasteiger partial charge in [0.1, 0.15) is 11.7 Å². The van der Waals surface area contributed by atoms with Gasteiger partial charge in [-0.15, -0.1) is 0 Å². The predicted octanol–water partition coefficient (Wildman–Crippen LogP) is 2.81. The normalized spacial score (nSPS) is 12.2. The van der Waals surface area contributed by atoms with E-state index >= 15 is 0 Å². The molecular formula is C19H17BrN2O4. The number of rotatable bonds is 6. The molecule has 0 aliphatic rings. The summed E-state index contributed by atoms with van der Waals surface area (Å²) in [6.45, 7) is 1.34. The van der Waals surface area contributed by atoms with Crippen LogP contribution in [0.2, 0.25) is 0 Å². The summed E-state index contributed by atoms with van der Waals surface area (Å²) < 4.78 is 0.725. The van der Waals surface area contributed by atoms with Gasteiger partial charge in [-0.25, -0.2) is 0 Å². The van der Waals surface area contributed by atoms with E-state index in [9.17, 15) is 14.4 Å². The standard InChI is InChI=1S/C19H17BrN2O4/c1-12(19(25)26)21-18(24)16(10-13-6-3-2-4-7-13)22-17(23)14-8-5-9-15(20)11-14/h2-12H,1H3,(H,21,24)(H,22,23)(H,25,26)/b16-10-/t12-/m1/s1. The first-order chi connectivity index (χ1) is 12.4. The van der Waals surface area contributed by atoms with E-state index in [1.54, 1.807) is 48.5 Å². The lowest BCUT2D eigenvalue weighted by molar-refractivity contribution is -0.140. The third-order valence-corrected chi connectivity index (χ3v) is 3.90. The van der Waals surface area contributed by atoms with Gasteiger partial charge in [-0.1, -0.05) is 52.3 Å². The van der Waals surface area contributed by atoms with Gasteiger partial charge in [0.05, 0.1) is 0 Å². The highest BCUT2D eigenvalue weighted by Gasteiger charge is 2.19. The maximum atomic E-state index is 12.5. The zero-order chi connectivity index (χ0) is 19.1. The Balaban J connectivity index is 2.28. The average molecular weight is 417 g/mol. The van der Waals surface area contributed by atoms with Gasteiger partial charge in [-0.05, 0) is 36.8 Å². The van der Waals surface area contributed by atoms with Crippen LogP contribution in [-0.4, -0.2) is 28.9 Å². The summed E-state index contributed by atoms with van der Waals surface area (Å²) >= 11 is 3.29. The lowest BCUT2D eigenvalue weighted by Gasteiger charge is -2.13. The van der Waals surface area contributed by atoms with Crippen molar-refractivity contribution in [1.29, 1.82) is 0 Å². The van der Waals surface area contributed by atoms with Crippen molar-refractivity contribution in [2.75, 3.05) is 0 Å². The Hall–Kier alpha value is -2.93. The Bertz CT molecular complexity index is 850. The molecule has 7 heteroatoms. The highest BCUT2D eigenvalue weighted by molar-refractivity contribution is 9.10. The summed E-state index contributed by atoms with van der Waals surface area (Å²) in [5.41, 5.74) is 1.00. The third kappa shape index (κ3) is 5.56. The number of hydrogen-bond acceptors (Lipinski definition) is 3. The molecule has 0 spiro atoms. The topological polar surface area (TPSA) is 95.5 Å². The van der Waals surface area contributed by atoms with Crippen LogP contribution in [0.5, 0.6) is 0 Å². The van der Waals surface area contributed by atoms with Gasteiger partial charge in [0, 0.05) is 10.0 Å². The maximum Gasteiger partial charge on any atom is 0.325 e. The zero-order valence-corrected chi connectivity index (χ0v) is 15.5. The molecule has 0 radical (unpaired) electrons. The van der Waals surface area contributed by atoms with Crippen LogP contribution >= 0.6 is 15.9 Å². The van der Waals surface area contributed by atoms with Crippen molar-refractivity contribution in [3.8, 4) is 0 Å². The van der Waals surface area contributed by atoms with Crippen LogP contribution in [0.1, 0.15) is 22.8 Å². The van der Waals surface area contributed by atoms with Gasteiger partial charge < -0.3 is 15.7 Å². The first kappa shape index (κ1) is 19.4. The molecule has 0 aliphatic carbocycles. The molecule has 0 fully saturated rings. The van der Waals surface area contributed by atoms with E-state index in [0.29, 0.717) is 11.1 Å². The van der Waals surface area contributed by atoms with Crippen LogP contribution in [0.15, 0.2) is 64.8 Å². The van der Waals surface area contributed by atoms with Gasteiger partial charge >= 0.3 is 5.97 Å². The predicted molar refractivity (Wildman–Crippen MR) is 101 cm³/mol. The number of carboxylic acid groups (broad SMARTS) is 1. The molecule has 6 nitrogen and oxygen atoms in total. The second-order valence-electron chi connectivity index (χ2n) is 5.47. The minimum atomic E-state index is -1.17. The third-order valence-electron chi connectivity index (χ3n) is 3.41. The maximum absolute atomic E-state index is 12.5. The van der Waals surface area contributed by atoms with Crippen LogP contribution in [-0.2, 0) is 9.59 Å². The Labute approximate surface area is 159 Å². The Morgan fingerprint density at radius 3 is 2.38 bits per heavy atom. The highest BCUT2D eigenvalue weighted by Crippen LogP contribution is 2.12. The number of nitrogens with one attached hydrogen (secondary N) is 2. The van der Waals surface area contributed by atoms with Crippen LogP contribution in [0, 0.1) is 0 Å². The molecule has 0 unspecified atom stereocenters. The number of carbonyl (C=O) groups excluding carboxylic acids is 2.